The highest BCUT2D eigenvalue weighted by molar-refractivity contribution is 5.53. The molecule has 2 N–H and O–H groups in total. The van der Waals surface area contributed by atoms with E-state index < -0.39 is 0 Å². The molecule has 0 spiro atoms. The molecule has 19 heavy (non-hydrogen) atoms. The Morgan fingerprint density at radius 3 is 2.84 bits per heavy atom. The van der Waals surface area contributed by atoms with E-state index in [4.69, 9.17) is 5.73 Å². The highest BCUT2D eigenvalue weighted by Crippen LogP contribution is 2.31. The van der Waals surface area contributed by atoms with E-state index >= 15 is 0 Å². The smallest absolute Gasteiger partial charge is 0.187 e. The van der Waals surface area contributed by atoms with Gasteiger partial charge in [-0.1, -0.05) is 6.92 Å². The monoisotopic (exact) mass is 262 g/mol. The van der Waals surface area contributed by atoms with Crippen LogP contribution in [0.5, 0.6) is 0 Å². The van der Waals surface area contributed by atoms with Crippen LogP contribution >= 0.6 is 0 Å². The van der Waals surface area contributed by atoms with Crippen LogP contribution in [0.3, 0.4) is 0 Å². The van der Waals surface area contributed by atoms with Gasteiger partial charge in [0.05, 0.1) is 24.5 Å². The van der Waals surface area contributed by atoms with E-state index in [-0.39, 0.29) is 5.82 Å². The Hall–Kier alpha value is -2.18. The number of rotatable bonds is 2. The van der Waals surface area contributed by atoms with Gasteiger partial charge in [-0.15, -0.1) is 0 Å². The number of nitrogens with zero attached hydrogens (tertiary/aromatic N) is 5. The molecule has 0 saturated carbocycles. The van der Waals surface area contributed by atoms with E-state index in [1.54, 1.807) is 11.7 Å². The average molecular weight is 262 g/mol. The zero-order valence-corrected chi connectivity index (χ0v) is 10.9. The van der Waals surface area contributed by atoms with Gasteiger partial charge < -0.3 is 10.6 Å². The number of hydrogen-bond acceptors (Lipinski definition) is 5. The van der Waals surface area contributed by atoms with Gasteiger partial charge >= 0.3 is 0 Å². The lowest BCUT2D eigenvalue weighted by molar-refractivity contribution is 0.583. The Balaban J connectivity index is 1.95. The third-order valence-electron chi connectivity index (χ3n) is 3.44. The zero-order valence-electron chi connectivity index (χ0n) is 10.9. The topological polar surface area (TPSA) is 72.9 Å². The van der Waals surface area contributed by atoms with Crippen molar-refractivity contribution in [2.24, 2.45) is 7.05 Å². The van der Waals surface area contributed by atoms with Gasteiger partial charge in [-0.2, -0.15) is 5.10 Å². The standard InChI is InChI=1S/C12H15FN6/c1-3-8-10(13)12(16-6-15-8)19-4-7-9(5-19)17-18(2)11(7)14/h6H,3-5,14H2,1-2H3. The van der Waals surface area contributed by atoms with Crippen molar-refractivity contribution in [3.8, 4) is 0 Å². The maximum absolute atomic E-state index is 14.2. The van der Waals surface area contributed by atoms with Crippen LogP contribution in [0.25, 0.3) is 0 Å². The zero-order chi connectivity index (χ0) is 13.6. The van der Waals surface area contributed by atoms with Crippen molar-refractivity contribution in [2.75, 3.05) is 10.6 Å². The molecule has 3 heterocycles. The quantitative estimate of drug-likeness (QED) is 0.874. The van der Waals surface area contributed by atoms with E-state index in [2.05, 4.69) is 15.1 Å². The molecule has 1 aliphatic heterocycles. The summed E-state index contributed by atoms with van der Waals surface area (Å²) in [7, 11) is 1.80. The predicted octanol–water partition coefficient (Wildman–Crippen LogP) is 1.01. The molecule has 0 aromatic carbocycles. The molecule has 0 saturated heterocycles. The number of aryl methyl sites for hydroxylation is 2. The Bertz CT molecular complexity index is 635. The largest absolute Gasteiger partial charge is 0.384 e. The number of halogens is 1. The van der Waals surface area contributed by atoms with Crippen LogP contribution in [0.1, 0.15) is 23.9 Å². The van der Waals surface area contributed by atoms with E-state index in [0.29, 0.717) is 36.8 Å². The first-order valence-corrected chi connectivity index (χ1v) is 6.16. The molecule has 0 radical (unpaired) electrons. The molecular weight excluding hydrogens is 247 g/mol. The number of hydrogen-bond donors (Lipinski definition) is 1. The summed E-state index contributed by atoms with van der Waals surface area (Å²) in [6.07, 6.45) is 1.95. The Morgan fingerprint density at radius 2 is 2.16 bits per heavy atom. The minimum absolute atomic E-state index is 0.326. The second-order valence-corrected chi connectivity index (χ2v) is 4.60. The molecule has 0 fully saturated rings. The first-order chi connectivity index (χ1) is 9.11. The van der Waals surface area contributed by atoms with Crippen molar-refractivity contribution < 1.29 is 4.39 Å². The first-order valence-electron chi connectivity index (χ1n) is 6.16. The number of nitrogens with two attached hydrogens (primary N) is 1. The van der Waals surface area contributed by atoms with Gasteiger partial charge in [0.1, 0.15) is 12.1 Å². The maximum Gasteiger partial charge on any atom is 0.187 e. The first kappa shape index (κ1) is 11.9. The van der Waals surface area contributed by atoms with Crippen LogP contribution in [-0.2, 0) is 26.6 Å². The van der Waals surface area contributed by atoms with Gasteiger partial charge in [0.15, 0.2) is 11.6 Å². The summed E-state index contributed by atoms with van der Waals surface area (Å²) in [5, 5.41) is 4.32. The molecule has 2 aromatic heterocycles. The summed E-state index contributed by atoms with van der Waals surface area (Å²) in [5.41, 5.74) is 8.21. The lowest BCUT2D eigenvalue weighted by Crippen LogP contribution is -2.20. The molecule has 0 amide bonds. The lowest BCUT2D eigenvalue weighted by atomic mass is 10.3. The summed E-state index contributed by atoms with van der Waals surface area (Å²) in [4.78, 5) is 9.83. The summed E-state index contributed by atoms with van der Waals surface area (Å²) in [6.45, 7) is 2.93. The summed E-state index contributed by atoms with van der Waals surface area (Å²) >= 11 is 0. The summed E-state index contributed by atoms with van der Waals surface area (Å²) in [6, 6.07) is 0. The fraction of sp³-hybridized carbons (Fsp3) is 0.417. The molecule has 1 aliphatic rings. The molecule has 6 nitrogen and oxygen atoms in total. The van der Waals surface area contributed by atoms with Crippen LogP contribution in [-0.4, -0.2) is 19.7 Å². The van der Waals surface area contributed by atoms with Crippen molar-refractivity contribution in [1.82, 2.24) is 19.7 Å². The molecule has 3 rings (SSSR count). The summed E-state index contributed by atoms with van der Waals surface area (Å²) < 4.78 is 15.9. The SMILES string of the molecule is CCc1ncnc(N2Cc3nn(C)c(N)c3C2)c1F. The fourth-order valence-electron chi connectivity index (χ4n) is 2.38. The van der Waals surface area contributed by atoms with E-state index in [1.807, 2.05) is 11.8 Å². The fourth-order valence-corrected chi connectivity index (χ4v) is 2.38. The van der Waals surface area contributed by atoms with Gasteiger partial charge in [-0.05, 0) is 6.42 Å². The second-order valence-electron chi connectivity index (χ2n) is 4.60. The number of aromatic nitrogens is 4. The van der Waals surface area contributed by atoms with Gasteiger partial charge in [0.25, 0.3) is 0 Å². The normalized spacial score (nSPS) is 13.9. The molecule has 100 valence electrons. The maximum atomic E-state index is 14.2. The predicted molar refractivity (Wildman–Crippen MR) is 68.9 cm³/mol. The van der Waals surface area contributed by atoms with Gasteiger partial charge in [0.2, 0.25) is 0 Å². The van der Waals surface area contributed by atoms with Gasteiger partial charge in [0, 0.05) is 12.6 Å². The average Bonchev–Trinajstić information content (AvgIpc) is 2.91. The lowest BCUT2D eigenvalue weighted by Gasteiger charge is -2.18. The van der Waals surface area contributed by atoms with Crippen LogP contribution in [0.15, 0.2) is 6.33 Å². The minimum atomic E-state index is -0.349. The molecule has 0 unspecified atom stereocenters. The van der Waals surface area contributed by atoms with E-state index in [9.17, 15) is 4.39 Å². The van der Waals surface area contributed by atoms with Crippen molar-refractivity contribution in [3.05, 3.63) is 29.1 Å². The second kappa shape index (κ2) is 4.18. The molecule has 0 aliphatic carbocycles. The van der Waals surface area contributed by atoms with Gasteiger partial charge in [-0.3, -0.25) is 4.68 Å². The van der Waals surface area contributed by atoms with Crippen LogP contribution in [0.2, 0.25) is 0 Å². The van der Waals surface area contributed by atoms with Crippen LogP contribution < -0.4 is 10.6 Å². The van der Waals surface area contributed by atoms with E-state index in [1.165, 1.54) is 6.33 Å². The highest BCUT2D eigenvalue weighted by Gasteiger charge is 2.28. The third kappa shape index (κ3) is 1.73. The summed E-state index contributed by atoms with van der Waals surface area (Å²) in [5.74, 6) is 0.604. The van der Waals surface area contributed by atoms with Crippen molar-refractivity contribution in [2.45, 2.75) is 26.4 Å². The molecular formula is C12H15FN6. The number of nitrogen functional groups attached to an aromatic ring is 1. The Morgan fingerprint density at radius 1 is 1.37 bits per heavy atom. The molecule has 0 bridgehead atoms. The van der Waals surface area contributed by atoms with Crippen molar-refractivity contribution in [3.63, 3.8) is 0 Å². The van der Waals surface area contributed by atoms with E-state index in [0.717, 1.165) is 11.3 Å². The third-order valence-corrected chi connectivity index (χ3v) is 3.44. The van der Waals surface area contributed by atoms with Crippen molar-refractivity contribution >= 4 is 11.6 Å². The van der Waals surface area contributed by atoms with Crippen LogP contribution in [0.4, 0.5) is 16.0 Å². The molecule has 2 aromatic rings. The minimum Gasteiger partial charge on any atom is -0.384 e. The Labute approximate surface area is 110 Å². The molecule has 0 atom stereocenters. The number of fused-ring (bicyclic) bond motifs is 1. The Kier molecular flexibility index (Phi) is 2.62. The van der Waals surface area contributed by atoms with Crippen molar-refractivity contribution in [1.29, 1.82) is 0 Å². The number of anilines is 2. The van der Waals surface area contributed by atoms with Crippen LogP contribution in [0, 0.1) is 5.82 Å². The molecule has 7 heteroatoms. The van der Waals surface area contributed by atoms with Gasteiger partial charge in [-0.25, -0.2) is 14.4 Å². The highest BCUT2D eigenvalue weighted by atomic mass is 19.1.